The van der Waals surface area contributed by atoms with Crippen molar-refractivity contribution in [1.29, 1.82) is 0 Å². The van der Waals surface area contributed by atoms with Crippen LogP contribution < -0.4 is 5.32 Å². The molecule has 1 unspecified atom stereocenters. The van der Waals surface area contributed by atoms with Crippen LogP contribution >= 0.6 is 11.8 Å². The molecule has 1 aromatic carbocycles. The normalized spacial score (nSPS) is 12.1. The van der Waals surface area contributed by atoms with Gasteiger partial charge in [0.2, 0.25) is 11.7 Å². The van der Waals surface area contributed by atoms with Crippen LogP contribution in [0.3, 0.4) is 0 Å². The molecular weight excluding hydrogens is 364 g/mol. The number of thioether (sulfide) groups is 1. The van der Waals surface area contributed by atoms with E-state index in [4.69, 9.17) is 9.15 Å². The first-order valence-electron chi connectivity index (χ1n) is 8.59. The summed E-state index contributed by atoms with van der Waals surface area (Å²) in [5, 5.41) is 12.1. The van der Waals surface area contributed by atoms with Crippen LogP contribution in [0.5, 0.6) is 0 Å². The van der Waals surface area contributed by atoms with E-state index in [1.165, 1.54) is 11.8 Å². The van der Waals surface area contributed by atoms with Gasteiger partial charge in [-0.3, -0.25) is 9.36 Å². The lowest BCUT2D eigenvalue weighted by molar-refractivity contribution is -0.119. The van der Waals surface area contributed by atoms with E-state index in [2.05, 4.69) is 15.5 Å². The number of amides is 1. The predicted molar refractivity (Wildman–Crippen MR) is 103 cm³/mol. The second-order valence-electron chi connectivity index (χ2n) is 6.07. The van der Waals surface area contributed by atoms with Crippen molar-refractivity contribution in [3.05, 3.63) is 54.3 Å². The Labute approximate surface area is 162 Å². The maximum absolute atomic E-state index is 12.1. The maximum atomic E-state index is 12.1. The Morgan fingerprint density at radius 3 is 2.78 bits per heavy atom. The lowest BCUT2D eigenvalue weighted by Gasteiger charge is -2.13. The molecular formula is C19H22N4O3S. The topological polar surface area (TPSA) is 82.2 Å². The van der Waals surface area contributed by atoms with Crippen LogP contribution in [0.2, 0.25) is 0 Å². The molecule has 1 amide bonds. The summed E-state index contributed by atoms with van der Waals surface area (Å²) in [5.41, 5.74) is 1.12. The summed E-state index contributed by atoms with van der Waals surface area (Å²) >= 11 is 1.35. The fourth-order valence-corrected chi connectivity index (χ4v) is 3.38. The molecule has 142 valence electrons. The first-order chi connectivity index (χ1) is 13.2. The minimum atomic E-state index is -0.0710. The molecule has 8 heteroatoms. The van der Waals surface area contributed by atoms with Crippen LogP contribution in [0.15, 0.2) is 58.3 Å². The third kappa shape index (κ3) is 5.21. The molecule has 1 atom stereocenters. The van der Waals surface area contributed by atoms with E-state index < -0.39 is 0 Å². The molecule has 0 saturated carbocycles. The number of hydrogen-bond acceptors (Lipinski definition) is 6. The van der Waals surface area contributed by atoms with Crippen molar-refractivity contribution in [2.45, 2.75) is 24.7 Å². The van der Waals surface area contributed by atoms with Gasteiger partial charge in [0.05, 0.1) is 25.2 Å². The number of carbonyl (C=O) groups is 1. The van der Waals surface area contributed by atoms with Crippen molar-refractivity contribution in [3.63, 3.8) is 0 Å². The van der Waals surface area contributed by atoms with Gasteiger partial charge in [0.15, 0.2) is 10.9 Å². The molecule has 27 heavy (non-hydrogen) atoms. The smallest absolute Gasteiger partial charge is 0.230 e. The number of rotatable bonds is 9. The number of aromatic nitrogens is 3. The van der Waals surface area contributed by atoms with Crippen LogP contribution in [-0.4, -0.2) is 46.2 Å². The lowest BCUT2D eigenvalue weighted by atomic mass is 10.2. The van der Waals surface area contributed by atoms with Gasteiger partial charge in [-0.2, -0.15) is 0 Å². The Kier molecular flexibility index (Phi) is 6.67. The Balaban J connectivity index is 1.75. The zero-order chi connectivity index (χ0) is 19.1. The van der Waals surface area contributed by atoms with Gasteiger partial charge in [0, 0.05) is 13.2 Å². The van der Waals surface area contributed by atoms with E-state index in [1.807, 2.05) is 54.0 Å². The number of carbonyl (C=O) groups excluding carboxylic acids is 1. The van der Waals surface area contributed by atoms with Crippen LogP contribution in [0, 0.1) is 0 Å². The molecule has 0 aliphatic heterocycles. The largest absolute Gasteiger partial charge is 0.461 e. The molecule has 0 saturated heterocycles. The molecule has 3 rings (SSSR count). The molecule has 2 heterocycles. The Bertz CT molecular complexity index is 849. The highest BCUT2D eigenvalue weighted by molar-refractivity contribution is 7.99. The average molecular weight is 386 g/mol. The highest BCUT2D eigenvalue weighted by atomic mass is 32.2. The molecule has 0 aliphatic rings. The number of nitrogens with one attached hydrogen (secondary N) is 1. The Morgan fingerprint density at radius 2 is 2.07 bits per heavy atom. The van der Waals surface area contributed by atoms with E-state index in [0.717, 1.165) is 5.56 Å². The third-order valence-electron chi connectivity index (χ3n) is 3.80. The van der Waals surface area contributed by atoms with Gasteiger partial charge >= 0.3 is 0 Å². The zero-order valence-electron chi connectivity index (χ0n) is 15.3. The highest BCUT2D eigenvalue weighted by Crippen LogP contribution is 2.25. The van der Waals surface area contributed by atoms with Crippen molar-refractivity contribution >= 4 is 17.7 Å². The zero-order valence-corrected chi connectivity index (χ0v) is 16.1. The van der Waals surface area contributed by atoms with Crippen molar-refractivity contribution < 1.29 is 13.9 Å². The van der Waals surface area contributed by atoms with Gasteiger partial charge in [0.25, 0.3) is 0 Å². The number of hydrogen-bond donors (Lipinski definition) is 1. The molecule has 0 aliphatic carbocycles. The van der Waals surface area contributed by atoms with E-state index >= 15 is 0 Å². The summed E-state index contributed by atoms with van der Waals surface area (Å²) in [4.78, 5) is 12.1. The first kappa shape index (κ1) is 19.2. The van der Waals surface area contributed by atoms with Gasteiger partial charge in [0.1, 0.15) is 0 Å². The summed E-state index contributed by atoms with van der Waals surface area (Å²) in [6, 6.07) is 13.7. The van der Waals surface area contributed by atoms with Crippen molar-refractivity contribution in [2.75, 3.05) is 19.5 Å². The number of nitrogens with zero attached hydrogens (tertiary/aromatic N) is 3. The Hall–Kier alpha value is -2.58. The summed E-state index contributed by atoms with van der Waals surface area (Å²) in [5.74, 6) is 1.46. The molecule has 3 aromatic rings. The summed E-state index contributed by atoms with van der Waals surface area (Å²) in [7, 11) is 1.61. The van der Waals surface area contributed by atoms with Crippen LogP contribution in [0.25, 0.3) is 11.6 Å². The third-order valence-corrected chi connectivity index (χ3v) is 4.77. The minimum Gasteiger partial charge on any atom is -0.461 e. The van der Waals surface area contributed by atoms with E-state index in [1.54, 1.807) is 13.4 Å². The van der Waals surface area contributed by atoms with Gasteiger partial charge < -0.3 is 14.5 Å². The average Bonchev–Trinajstić information content (AvgIpc) is 3.31. The fourth-order valence-electron chi connectivity index (χ4n) is 2.63. The Morgan fingerprint density at radius 1 is 1.26 bits per heavy atom. The number of ether oxygens (including phenoxy) is 1. The van der Waals surface area contributed by atoms with Gasteiger partial charge in [-0.1, -0.05) is 42.1 Å². The maximum Gasteiger partial charge on any atom is 0.230 e. The van der Waals surface area contributed by atoms with E-state index in [-0.39, 0.29) is 17.7 Å². The molecule has 0 spiro atoms. The summed E-state index contributed by atoms with van der Waals surface area (Å²) in [6.45, 7) is 2.97. The van der Waals surface area contributed by atoms with Crippen molar-refractivity contribution in [3.8, 4) is 11.6 Å². The van der Waals surface area contributed by atoms with Gasteiger partial charge in [-0.25, -0.2) is 0 Å². The minimum absolute atomic E-state index is 0.0380. The molecule has 0 radical (unpaired) electrons. The van der Waals surface area contributed by atoms with E-state index in [9.17, 15) is 4.79 Å². The monoisotopic (exact) mass is 386 g/mol. The van der Waals surface area contributed by atoms with Gasteiger partial charge in [-0.15, -0.1) is 10.2 Å². The highest BCUT2D eigenvalue weighted by Gasteiger charge is 2.18. The summed E-state index contributed by atoms with van der Waals surface area (Å²) in [6.07, 6.45) is 1.61. The number of methoxy groups -OCH3 is 1. The summed E-state index contributed by atoms with van der Waals surface area (Å²) < 4.78 is 12.5. The standard InChI is InChI=1S/C19H22N4O3S/c1-14(12-25-2)20-17(24)13-27-19-22-21-18(16-9-6-10-26-16)23(19)11-15-7-4-3-5-8-15/h3-10,14H,11-13H2,1-2H3,(H,20,24). The van der Waals surface area contributed by atoms with Gasteiger partial charge in [-0.05, 0) is 24.6 Å². The first-order valence-corrected chi connectivity index (χ1v) is 9.58. The van der Waals surface area contributed by atoms with Crippen LogP contribution in [0.1, 0.15) is 12.5 Å². The van der Waals surface area contributed by atoms with E-state index in [0.29, 0.717) is 29.9 Å². The van der Waals surface area contributed by atoms with Crippen LogP contribution in [-0.2, 0) is 16.1 Å². The number of furan rings is 1. The molecule has 0 bridgehead atoms. The van der Waals surface area contributed by atoms with Crippen molar-refractivity contribution in [1.82, 2.24) is 20.1 Å². The second-order valence-corrected chi connectivity index (χ2v) is 7.01. The fraction of sp³-hybridized carbons (Fsp3) is 0.316. The number of benzene rings is 1. The van der Waals surface area contributed by atoms with Crippen LogP contribution in [0.4, 0.5) is 0 Å². The quantitative estimate of drug-likeness (QED) is 0.570. The van der Waals surface area contributed by atoms with Crippen molar-refractivity contribution in [2.24, 2.45) is 0 Å². The second kappa shape index (κ2) is 9.38. The lowest BCUT2D eigenvalue weighted by Crippen LogP contribution is -2.36. The molecule has 0 fully saturated rings. The molecule has 1 N–H and O–H groups in total. The molecule has 7 nitrogen and oxygen atoms in total. The SMILES string of the molecule is COCC(C)NC(=O)CSc1nnc(-c2ccco2)n1Cc1ccccc1. The molecule has 2 aromatic heterocycles. The predicted octanol–water partition coefficient (Wildman–Crippen LogP) is 2.83.